The van der Waals surface area contributed by atoms with Crippen LogP contribution in [0.15, 0.2) is 27.4 Å². The Kier molecular flexibility index (Phi) is 3.16. The number of phenols is 1. The van der Waals surface area contributed by atoms with E-state index in [1.807, 2.05) is 0 Å². The molecule has 0 unspecified atom stereocenters. The first kappa shape index (κ1) is 12.3. The lowest BCUT2D eigenvalue weighted by molar-refractivity contribution is 0.101. The molecule has 2 rings (SSSR count). The zero-order chi connectivity index (χ0) is 13.3. The van der Waals surface area contributed by atoms with Crippen molar-refractivity contribution in [1.82, 2.24) is 0 Å². The topological polar surface area (TPSA) is 87.7 Å². The van der Waals surface area contributed by atoms with E-state index in [0.29, 0.717) is 17.4 Å². The van der Waals surface area contributed by atoms with Crippen molar-refractivity contribution in [2.75, 3.05) is 6.61 Å². The average Bonchev–Trinajstić information content (AvgIpc) is 2.27. The minimum absolute atomic E-state index is 0.0348. The fourth-order valence-corrected chi connectivity index (χ4v) is 1.85. The number of hydrogen-bond donors (Lipinski definition) is 2. The highest BCUT2D eigenvalue weighted by molar-refractivity contribution is 5.97. The molecule has 0 atom stereocenters. The van der Waals surface area contributed by atoms with Gasteiger partial charge in [-0.15, -0.1) is 0 Å². The van der Waals surface area contributed by atoms with Crippen molar-refractivity contribution < 1.29 is 19.4 Å². The minimum atomic E-state index is -0.726. The van der Waals surface area contributed by atoms with Crippen LogP contribution in [0.25, 0.3) is 11.0 Å². The van der Waals surface area contributed by atoms with Crippen LogP contribution >= 0.6 is 0 Å². The third-order valence-electron chi connectivity index (χ3n) is 2.68. The van der Waals surface area contributed by atoms with Crippen molar-refractivity contribution in [2.45, 2.75) is 13.3 Å². The summed E-state index contributed by atoms with van der Waals surface area (Å²) >= 11 is 0. The Hall–Kier alpha value is -2.14. The molecule has 0 aliphatic carbocycles. The van der Waals surface area contributed by atoms with Crippen molar-refractivity contribution in [2.24, 2.45) is 0 Å². The van der Waals surface area contributed by atoms with Crippen LogP contribution in [0.1, 0.15) is 22.8 Å². The summed E-state index contributed by atoms with van der Waals surface area (Å²) in [7, 11) is 0. The fraction of sp³-hybridized carbons (Fsp3) is 0.231. The molecule has 5 nitrogen and oxygen atoms in total. The van der Waals surface area contributed by atoms with Gasteiger partial charge in [-0.2, -0.15) is 0 Å². The number of phenolic OH excluding ortho intramolecular Hbond substituents is 1. The highest BCUT2D eigenvalue weighted by Gasteiger charge is 2.12. The first-order valence-corrected chi connectivity index (χ1v) is 5.44. The van der Waals surface area contributed by atoms with E-state index in [4.69, 9.17) is 9.52 Å². The van der Waals surface area contributed by atoms with E-state index in [0.717, 1.165) is 0 Å². The average molecular weight is 248 g/mol. The van der Waals surface area contributed by atoms with Crippen molar-refractivity contribution >= 4 is 16.8 Å². The number of aliphatic hydroxyl groups is 1. The molecule has 0 amide bonds. The Labute approximate surface area is 102 Å². The Morgan fingerprint density at radius 3 is 2.67 bits per heavy atom. The van der Waals surface area contributed by atoms with Gasteiger partial charge in [-0.05, 0) is 31.0 Å². The molecule has 1 heterocycles. The Morgan fingerprint density at radius 2 is 2.06 bits per heavy atom. The zero-order valence-electron chi connectivity index (χ0n) is 9.77. The predicted molar refractivity (Wildman–Crippen MR) is 64.9 cm³/mol. The van der Waals surface area contributed by atoms with Gasteiger partial charge in [0.25, 0.3) is 0 Å². The van der Waals surface area contributed by atoms with Crippen LogP contribution in [0, 0.1) is 0 Å². The maximum atomic E-state index is 11.5. The Bertz CT molecular complexity index is 669. The van der Waals surface area contributed by atoms with E-state index in [-0.39, 0.29) is 29.3 Å². The number of fused-ring (bicyclic) bond motifs is 1. The van der Waals surface area contributed by atoms with Gasteiger partial charge in [-0.1, -0.05) is 0 Å². The highest BCUT2D eigenvalue weighted by Crippen LogP contribution is 2.25. The minimum Gasteiger partial charge on any atom is -0.508 e. The third kappa shape index (κ3) is 2.12. The van der Waals surface area contributed by atoms with Crippen LogP contribution in [0.4, 0.5) is 0 Å². The number of rotatable bonds is 3. The predicted octanol–water partition coefficient (Wildman–Crippen LogP) is 1.24. The molecule has 0 radical (unpaired) electrons. The molecule has 18 heavy (non-hydrogen) atoms. The van der Waals surface area contributed by atoms with E-state index in [1.54, 1.807) is 0 Å². The largest absolute Gasteiger partial charge is 0.508 e. The van der Waals surface area contributed by atoms with E-state index >= 15 is 0 Å². The smallest absolute Gasteiger partial charge is 0.347 e. The van der Waals surface area contributed by atoms with Crippen LogP contribution in [0.3, 0.4) is 0 Å². The summed E-state index contributed by atoms with van der Waals surface area (Å²) in [6.45, 7) is 1.18. The van der Waals surface area contributed by atoms with Crippen molar-refractivity contribution in [3.63, 3.8) is 0 Å². The molecule has 2 aromatic rings. The number of aliphatic hydroxyl groups excluding tert-OH is 1. The summed E-state index contributed by atoms with van der Waals surface area (Å²) < 4.78 is 5.00. The summed E-state index contributed by atoms with van der Waals surface area (Å²) in [6, 6.07) is 4.22. The lowest BCUT2D eigenvalue weighted by atomic mass is 10.0. The second-order valence-electron chi connectivity index (χ2n) is 3.99. The number of Topliss-reactive ketones (excluding diaryl/α,β-unsaturated/α-hetero) is 1. The van der Waals surface area contributed by atoms with E-state index in [1.165, 1.54) is 25.1 Å². The number of carbonyl (C=O) groups is 1. The summed E-state index contributed by atoms with van der Waals surface area (Å²) in [4.78, 5) is 22.8. The second-order valence-corrected chi connectivity index (χ2v) is 3.99. The lowest BCUT2D eigenvalue weighted by Gasteiger charge is -2.06. The van der Waals surface area contributed by atoms with Crippen molar-refractivity contribution in [3.8, 4) is 5.75 Å². The molecule has 0 bridgehead atoms. The van der Waals surface area contributed by atoms with Gasteiger partial charge < -0.3 is 14.6 Å². The first-order valence-electron chi connectivity index (χ1n) is 5.44. The van der Waals surface area contributed by atoms with E-state index in [2.05, 4.69) is 0 Å². The molecular formula is C13H12O5. The van der Waals surface area contributed by atoms with Crippen molar-refractivity contribution in [3.05, 3.63) is 39.7 Å². The summed E-state index contributed by atoms with van der Waals surface area (Å²) in [5, 5.41) is 19.0. The van der Waals surface area contributed by atoms with E-state index in [9.17, 15) is 14.7 Å². The highest BCUT2D eigenvalue weighted by atomic mass is 16.4. The van der Waals surface area contributed by atoms with Gasteiger partial charge in [0, 0.05) is 18.1 Å². The monoisotopic (exact) mass is 248 g/mol. The van der Waals surface area contributed by atoms with Crippen molar-refractivity contribution in [1.29, 1.82) is 0 Å². The van der Waals surface area contributed by atoms with Crippen LogP contribution in [-0.4, -0.2) is 22.6 Å². The standard InChI is InChI=1S/C13H12O5/c1-7(15)10-6-11-8(2-3-14)4-9(16)5-12(11)18-13(10)17/h4-6,14,16H,2-3H2,1H3. The molecular weight excluding hydrogens is 236 g/mol. The quantitative estimate of drug-likeness (QED) is 0.630. The molecule has 0 aliphatic heterocycles. The second kappa shape index (κ2) is 4.62. The molecule has 5 heteroatoms. The Balaban J connectivity index is 2.80. The SMILES string of the molecule is CC(=O)c1cc2c(CCO)cc(O)cc2oc1=O. The van der Waals surface area contributed by atoms with Crippen LogP contribution in [0.5, 0.6) is 5.75 Å². The van der Waals surface area contributed by atoms with E-state index < -0.39 is 5.63 Å². The lowest BCUT2D eigenvalue weighted by Crippen LogP contribution is -2.11. The third-order valence-corrected chi connectivity index (χ3v) is 2.68. The number of hydrogen-bond acceptors (Lipinski definition) is 5. The summed E-state index contributed by atoms with van der Waals surface area (Å²) in [5.41, 5.74) is 0.0649. The maximum Gasteiger partial charge on any atom is 0.347 e. The molecule has 0 fully saturated rings. The summed E-state index contributed by atoms with van der Waals surface area (Å²) in [6.07, 6.45) is 0.302. The van der Waals surface area contributed by atoms with Crippen LogP contribution in [0.2, 0.25) is 0 Å². The molecule has 2 N–H and O–H groups in total. The molecule has 0 aliphatic rings. The van der Waals surface area contributed by atoms with Gasteiger partial charge in [0.05, 0.1) is 0 Å². The molecule has 0 saturated heterocycles. The zero-order valence-corrected chi connectivity index (χ0v) is 9.77. The molecule has 1 aromatic carbocycles. The number of ketones is 1. The normalized spacial score (nSPS) is 10.8. The number of benzene rings is 1. The number of aromatic hydroxyl groups is 1. The maximum absolute atomic E-state index is 11.5. The van der Waals surface area contributed by atoms with Gasteiger partial charge in [0.1, 0.15) is 16.9 Å². The number of carbonyl (C=O) groups excluding carboxylic acids is 1. The van der Waals surface area contributed by atoms with Crippen LogP contribution < -0.4 is 5.63 Å². The van der Waals surface area contributed by atoms with Crippen LogP contribution in [-0.2, 0) is 6.42 Å². The molecule has 0 saturated carbocycles. The van der Waals surface area contributed by atoms with Gasteiger partial charge >= 0.3 is 5.63 Å². The van der Waals surface area contributed by atoms with Gasteiger partial charge in [0.2, 0.25) is 0 Å². The Morgan fingerprint density at radius 1 is 1.33 bits per heavy atom. The first-order chi connectivity index (χ1) is 8.52. The van der Waals surface area contributed by atoms with Gasteiger partial charge in [-0.25, -0.2) is 4.79 Å². The molecule has 1 aromatic heterocycles. The molecule has 0 spiro atoms. The summed E-state index contributed by atoms with van der Waals surface area (Å²) in [5.74, 6) is -0.432. The fourth-order valence-electron chi connectivity index (χ4n) is 1.85. The van der Waals surface area contributed by atoms with Gasteiger partial charge in [-0.3, -0.25) is 4.79 Å². The van der Waals surface area contributed by atoms with Gasteiger partial charge in [0.15, 0.2) is 5.78 Å². The molecule has 94 valence electrons.